The van der Waals surface area contributed by atoms with Gasteiger partial charge in [0.05, 0.1) is 7.11 Å². The van der Waals surface area contributed by atoms with E-state index in [9.17, 15) is 0 Å². The summed E-state index contributed by atoms with van der Waals surface area (Å²) in [7, 11) is 1.71. The zero-order chi connectivity index (χ0) is 14.3. The minimum atomic E-state index is 0.432. The molecule has 0 fully saturated rings. The van der Waals surface area contributed by atoms with Gasteiger partial charge < -0.3 is 10.1 Å². The number of rotatable bonds is 8. The molecule has 1 rings (SSSR count). The van der Waals surface area contributed by atoms with Gasteiger partial charge in [-0.05, 0) is 37.0 Å². The molecule has 2 unspecified atom stereocenters. The highest BCUT2D eigenvalue weighted by molar-refractivity contribution is 5.29. The van der Waals surface area contributed by atoms with Crippen LogP contribution in [0.3, 0.4) is 0 Å². The van der Waals surface area contributed by atoms with Crippen LogP contribution in [0.25, 0.3) is 0 Å². The van der Waals surface area contributed by atoms with Gasteiger partial charge in [-0.1, -0.05) is 45.7 Å². The Balaban J connectivity index is 2.71. The van der Waals surface area contributed by atoms with Crippen LogP contribution in [0.5, 0.6) is 5.75 Å². The van der Waals surface area contributed by atoms with E-state index in [2.05, 4.69) is 45.1 Å². The van der Waals surface area contributed by atoms with Crippen LogP contribution in [-0.2, 0) is 0 Å². The number of benzene rings is 1. The summed E-state index contributed by atoms with van der Waals surface area (Å²) in [6.45, 7) is 9.10. The molecule has 1 N–H and O–H groups in total. The summed E-state index contributed by atoms with van der Waals surface area (Å²) in [6.07, 6.45) is 3.59. The summed E-state index contributed by atoms with van der Waals surface area (Å²) < 4.78 is 5.22. The first-order valence-corrected chi connectivity index (χ1v) is 7.56. The monoisotopic (exact) mass is 263 g/mol. The molecule has 0 radical (unpaired) electrons. The molecule has 0 aliphatic rings. The highest BCUT2D eigenvalue weighted by Crippen LogP contribution is 2.23. The van der Waals surface area contributed by atoms with E-state index in [-0.39, 0.29) is 0 Å². The third-order valence-electron chi connectivity index (χ3n) is 4.15. The van der Waals surface area contributed by atoms with Crippen LogP contribution in [0.2, 0.25) is 0 Å². The molecule has 0 aromatic heterocycles. The molecule has 2 atom stereocenters. The quantitative estimate of drug-likeness (QED) is 0.742. The molecule has 0 saturated carbocycles. The Kier molecular flexibility index (Phi) is 6.93. The summed E-state index contributed by atoms with van der Waals surface area (Å²) in [5, 5.41) is 3.78. The van der Waals surface area contributed by atoms with E-state index in [0.717, 1.165) is 18.1 Å². The summed E-state index contributed by atoms with van der Waals surface area (Å²) in [6, 6.07) is 9.41. The maximum Gasteiger partial charge on any atom is 0.118 e. The zero-order valence-electron chi connectivity index (χ0n) is 13.1. The van der Waals surface area contributed by atoms with Crippen molar-refractivity contribution in [3.05, 3.63) is 29.8 Å². The number of methoxy groups -OCH3 is 1. The first-order chi connectivity index (χ1) is 9.15. The predicted molar refractivity (Wildman–Crippen MR) is 82.7 cm³/mol. The smallest absolute Gasteiger partial charge is 0.118 e. The molecule has 2 nitrogen and oxygen atoms in total. The highest BCUT2D eigenvalue weighted by atomic mass is 16.5. The average Bonchev–Trinajstić information content (AvgIpc) is 2.46. The fourth-order valence-corrected chi connectivity index (χ4v) is 2.74. The fraction of sp³-hybridized carbons (Fsp3) is 0.647. The highest BCUT2D eigenvalue weighted by Gasteiger charge is 2.18. The minimum Gasteiger partial charge on any atom is -0.497 e. The van der Waals surface area contributed by atoms with E-state index in [4.69, 9.17) is 4.74 Å². The standard InChI is InChI=1S/C17H29NO/c1-6-14(7-2)13(4)18-17(8-3)15-9-11-16(19-5)12-10-15/h9-14,17-18H,6-8H2,1-5H3. The zero-order valence-corrected chi connectivity index (χ0v) is 13.1. The van der Waals surface area contributed by atoms with Crippen LogP contribution >= 0.6 is 0 Å². The van der Waals surface area contributed by atoms with Gasteiger partial charge in [-0.25, -0.2) is 0 Å². The molecule has 0 amide bonds. The van der Waals surface area contributed by atoms with Crippen molar-refractivity contribution in [1.82, 2.24) is 5.32 Å². The van der Waals surface area contributed by atoms with E-state index in [1.807, 2.05) is 12.1 Å². The van der Waals surface area contributed by atoms with Crippen molar-refractivity contribution >= 4 is 0 Å². The van der Waals surface area contributed by atoms with Crippen molar-refractivity contribution in [1.29, 1.82) is 0 Å². The molecule has 2 heteroatoms. The van der Waals surface area contributed by atoms with Crippen LogP contribution in [0, 0.1) is 5.92 Å². The number of hydrogen-bond donors (Lipinski definition) is 1. The van der Waals surface area contributed by atoms with Gasteiger partial charge in [0.2, 0.25) is 0 Å². The molecule has 0 aliphatic carbocycles. The Morgan fingerprint density at radius 2 is 1.58 bits per heavy atom. The van der Waals surface area contributed by atoms with E-state index >= 15 is 0 Å². The third-order valence-corrected chi connectivity index (χ3v) is 4.15. The van der Waals surface area contributed by atoms with E-state index < -0.39 is 0 Å². The first kappa shape index (κ1) is 16.0. The fourth-order valence-electron chi connectivity index (χ4n) is 2.74. The van der Waals surface area contributed by atoms with Crippen molar-refractivity contribution in [3.63, 3.8) is 0 Å². The summed E-state index contributed by atoms with van der Waals surface area (Å²) in [5.74, 6) is 1.68. The Hall–Kier alpha value is -1.02. The van der Waals surface area contributed by atoms with E-state index in [1.54, 1.807) is 7.11 Å². The van der Waals surface area contributed by atoms with Gasteiger partial charge in [0, 0.05) is 12.1 Å². The average molecular weight is 263 g/mol. The molecular formula is C17H29NO. The Labute approximate surface area is 118 Å². The molecule has 0 heterocycles. The van der Waals surface area contributed by atoms with Crippen LogP contribution in [0.4, 0.5) is 0 Å². The molecule has 0 saturated heterocycles. The summed E-state index contributed by atoms with van der Waals surface area (Å²) in [4.78, 5) is 0. The van der Waals surface area contributed by atoms with Crippen LogP contribution < -0.4 is 10.1 Å². The lowest BCUT2D eigenvalue weighted by molar-refractivity contribution is 0.319. The molecule has 0 aliphatic heterocycles. The lowest BCUT2D eigenvalue weighted by atomic mass is 9.93. The van der Waals surface area contributed by atoms with Crippen LogP contribution in [0.15, 0.2) is 24.3 Å². The van der Waals surface area contributed by atoms with Gasteiger partial charge >= 0.3 is 0 Å². The second-order valence-corrected chi connectivity index (χ2v) is 5.27. The third kappa shape index (κ3) is 4.54. The second-order valence-electron chi connectivity index (χ2n) is 5.27. The SMILES string of the molecule is CCC(NC(C)C(CC)CC)c1ccc(OC)cc1. The predicted octanol–water partition coefficient (Wildman–Crippen LogP) is 4.56. The Morgan fingerprint density at radius 3 is 2.00 bits per heavy atom. The maximum absolute atomic E-state index is 5.22. The van der Waals surface area contributed by atoms with Gasteiger partial charge in [-0.2, -0.15) is 0 Å². The maximum atomic E-state index is 5.22. The number of hydrogen-bond acceptors (Lipinski definition) is 2. The molecule has 108 valence electrons. The molecule has 1 aromatic carbocycles. The molecule has 0 bridgehead atoms. The van der Waals surface area contributed by atoms with Gasteiger partial charge in [0.1, 0.15) is 5.75 Å². The number of ether oxygens (including phenoxy) is 1. The van der Waals surface area contributed by atoms with Crippen LogP contribution in [0.1, 0.15) is 58.6 Å². The lowest BCUT2D eigenvalue weighted by Crippen LogP contribution is -2.35. The van der Waals surface area contributed by atoms with Crippen molar-refractivity contribution < 1.29 is 4.74 Å². The van der Waals surface area contributed by atoms with E-state index in [0.29, 0.717) is 12.1 Å². The molecule has 0 spiro atoms. The topological polar surface area (TPSA) is 21.3 Å². The van der Waals surface area contributed by atoms with Gasteiger partial charge in [-0.15, -0.1) is 0 Å². The summed E-state index contributed by atoms with van der Waals surface area (Å²) in [5.41, 5.74) is 1.35. The van der Waals surface area contributed by atoms with Crippen molar-refractivity contribution in [2.75, 3.05) is 7.11 Å². The number of nitrogens with one attached hydrogen (secondary N) is 1. The second kappa shape index (κ2) is 8.21. The van der Waals surface area contributed by atoms with Gasteiger partial charge in [0.25, 0.3) is 0 Å². The Morgan fingerprint density at radius 1 is 1.00 bits per heavy atom. The molecular weight excluding hydrogens is 234 g/mol. The van der Waals surface area contributed by atoms with Crippen molar-refractivity contribution in [3.8, 4) is 5.75 Å². The lowest BCUT2D eigenvalue weighted by Gasteiger charge is -2.28. The van der Waals surface area contributed by atoms with E-state index in [1.165, 1.54) is 18.4 Å². The largest absolute Gasteiger partial charge is 0.497 e. The minimum absolute atomic E-state index is 0.432. The summed E-state index contributed by atoms with van der Waals surface area (Å²) >= 11 is 0. The van der Waals surface area contributed by atoms with Crippen molar-refractivity contribution in [2.45, 2.75) is 59.0 Å². The first-order valence-electron chi connectivity index (χ1n) is 7.56. The van der Waals surface area contributed by atoms with Gasteiger partial charge in [0.15, 0.2) is 0 Å². The normalized spacial score (nSPS) is 14.4. The molecule has 19 heavy (non-hydrogen) atoms. The van der Waals surface area contributed by atoms with Gasteiger partial charge in [-0.3, -0.25) is 0 Å². The Bertz CT molecular complexity index is 343. The van der Waals surface area contributed by atoms with Crippen molar-refractivity contribution in [2.24, 2.45) is 5.92 Å². The molecule has 1 aromatic rings. The van der Waals surface area contributed by atoms with Crippen LogP contribution in [-0.4, -0.2) is 13.2 Å².